The molecule has 1 aliphatic rings. The van der Waals surface area contributed by atoms with Crippen LogP contribution >= 0.6 is 0 Å². The number of benzene rings is 2. The van der Waals surface area contributed by atoms with Gasteiger partial charge in [0.1, 0.15) is 11.6 Å². The maximum Gasteiger partial charge on any atom is 0.243 e. The van der Waals surface area contributed by atoms with Crippen LogP contribution in [-0.4, -0.2) is 18.0 Å². The van der Waals surface area contributed by atoms with E-state index in [9.17, 15) is 9.59 Å². The highest BCUT2D eigenvalue weighted by atomic mass is 16.2. The second-order valence-corrected chi connectivity index (χ2v) is 9.36. The molecule has 0 spiro atoms. The Balaban J connectivity index is 2.31. The maximum absolute atomic E-state index is 13.7. The summed E-state index contributed by atoms with van der Waals surface area (Å²) in [5, 5.41) is 0. The molecule has 1 aliphatic heterocycles. The Kier molecular flexibility index (Phi) is 5.57. The van der Waals surface area contributed by atoms with Crippen LogP contribution in [0, 0.1) is 47.0 Å². The van der Waals surface area contributed by atoms with Crippen molar-refractivity contribution < 1.29 is 9.59 Å². The standard InChI is InChI=1S/C26H34N2O2/c1-10-21-27(22-17(4)11-15(2)12-18(22)5)24(29)26(8,9)25(30)28(21)23-19(6)13-16(3)14-20(23)7/h11-14,21H,10H2,1-9H3. The fourth-order valence-corrected chi connectivity index (χ4v) is 5.05. The number of amides is 2. The van der Waals surface area contributed by atoms with Crippen LogP contribution in [-0.2, 0) is 9.59 Å². The first kappa shape index (κ1) is 22.1. The lowest BCUT2D eigenvalue weighted by Crippen LogP contribution is -2.67. The third-order valence-electron chi connectivity index (χ3n) is 6.22. The van der Waals surface area contributed by atoms with E-state index < -0.39 is 5.41 Å². The molecule has 0 saturated carbocycles. The molecular formula is C26H34N2O2. The zero-order valence-corrected chi connectivity index (χ0v) is 19.8. The van der Waals surface area contributed by atoms with E-state index in [0.29, 0.717) is 6.42 Å². The second kappa shape index (κ2) is 7.57. The molecule has 2 amide bonds. The molecule has 3 rings (SSSR count). The summed E-state index contributed by atoms with van der Waals surface area (Å²) in [6, 6.07) is 8.44. The smallest absolute Gasteiger partial charge is 0.243 e. The van der Waals surface area contributed by atoms with Gasteiger partial charge in [0.15, 0.2) is 0 Å². The van der Waals surface area contributed by atoms with Gasteiger partial charge in [-0.25, -0.2) is 0 Å². The van der Waals surface area contributed by atoms with E-state index in [2.05, 4.69) is 38.1 Å². The molecule has 0 atom stereocenters. The lowest BCUT2D eigenvalue weighted by Gasteiger charge is -2.50. The molecule has 1 saturated heterocycles. The Morgan fingerprint density at radius 3 is 1.27 bits per heavy atom. The first-order chi connectivity index (χ1) is 13.9. The predicted octanol–water partition coefficient (Wildman–Crippen LogP) is 5.68. The number of aryl methyl sites for hydroxylation is 6. The molecule has 4 nitrogen and oxygen atoms in total. The number of anilines is 2. The van der Waals surface area contributed by atoms with Crippen molar-refractivity contribution in [3.8, 4) is 0 Å². The summed E-state index contributed by atoms with van der Waals surface area (Å²) in [7, 11) is 0. The van der Waals surface area contributed by atoms with Gasteiger partial charge in [-0.2, -0.15) is 0 Å². The number of carbonyl (C=O) groups excluding carboxylic acids is 2. The maximum atomic E-state index is 13.7. The highest BCUT2D eigenvalue weighted by Gasteiger charge is 2.52. The Labute approximate surface area is 180 Å². The number of nitrogens with zero attached hydrogens (tertiary/aromatic N) is 2. The lowest BCUT2D eigenvalue weighted by atomic mass is 9.84. The molecule has 1 heterocycles. The molecule has 0 radical (unpaired) electrons. The minimum Gasteiger partial charge on any atom is -0.290 e. The van der Waals surface area contributed by atoms with Crippen LogP contribution in [0.2, 0.25) is 0 Å². The highest BCUT2D eigenvalue weighted by Crippen LogP contribution is 2.42. The van der Waals surface area contributed by atoms with Gasteiger partial charge in [0, 0.05) is 0 Å². The number of hydrogen-bond acceptors (Lipinski definition) is 2. The van der Waals surface area contributed by atoms with Crippen molar-refractivity contribution in [3.05, 3.63) is 57.6 Å². The molecule has 0 aromatic heterocycles. The summed E-state index contributed by atoms with van der Waals surface area (Å²) in [5.74, 6) is -0.263. The fraction of sp³-hybridized carbons (Fsp3) is 0.462. The van der Waals surface area contributed by atoms with Crippen LogP contribution in [0.15, 0.2) is 24.3 Å². The summed E-state index contributed by atoms with van der Waals surface area (Å²) in [6.45, 7) is 17.9. The Morgan fingerprint density at radius 1 is 0.700 bits per heavy atom. The van der Waals surface area contributed by atoms with Crippen LogP contribution in [0.3, 0.4) is 0 Å². The molecule has 2 aromatic carbocycles. The minimum absolute atomic E-state index is 0.131. The molecule has 0 bridgehead atoms. The average Bonchev–Trinajstić information content (AvgIpc) is 2.62. The minimum atomic E-state index is -1.14. The molecular weight excluding hydrogens is 372 g/mol. The molecule has 4 heteroatoms. The van der Waals surface area contributed by atoms with Gasteiger partial charge in [0.25, 0.3) is 0 Å². The molecule has 0 unspecified atom stereocenters. The van der Waals surface area contributed by atoms with Gasteiger partial charge in [-0.15, -0.1) is 0 Å². The highest BCUT2D eigenvalue weighted by molar-refractivity contribution is 6.20. The topological polar surface area (TPSA) is 40.6 Å². The third kappa shape index (κ3) is 3.32. The molecule has 30 heavy (non-hydrogen) atoms. The third-order valence-corrected chi connectivity index (χ3v) is 6.22. The zero-order valence-electron chi connectivity index (χ0n) is 19.8. The summed E-state index contributed by atoms with van der Waals surface area (Å²) in [5.41, 5.74) is 7.27. The lowest BCUT2D eigenvalue weighted by molar-refractivity contribution is -0.141. The number of hydrogen-bond donors (Lipinski definition) is 0. The first-order valence-corrected chi connectivity index (χ1v) is 10.7. The van der Waals surface area contributed by atoms with Crippen molar-refractivity contribution in [1.82, 2.24) is 0 Å². The van der Waals surface area contributed by atoms with Gasteiger partial charge < -0.3 is 0 Å². The number of rotatable bonds is 3. The first-order valence-electron chi connectivity index (χ1n) is 10.7. The Bertz CT molecular complexity index is 910. The number of carbonyl (C=O) groups is 2. The van der Waals surface area contributed by atoms with Gasteiger partial charge >= 0.3 is 0 Å². The molecule has 1 fully saturated rings. The quantitative estimate of drug-likeness (QED) is 0.615. The van der Waals surface area contributed by atoms with E-state index in [-0.39, 0.29) is 18.0 Å². The summed E-state index contributed by atoms with van der Waals surface area (Å²) in [4.78, 5) is 31.2. The largest absolute Gasteiger partial charge is 0.290 e. The fourth-order valence-electron chi connectivity index (χ4n) is 5.05. The zero-order chi connectivity index (χ0) is 22.5. The van der Waals surface area contributed by atoms with E-state index in [1.54, 1.807) is 13.8 Å². The molecule has 160 valence electrons. The van der Waals surface area contributed by atoms with Gasteiger partial charge in [-0.3, -0.25) is 19.4 Å². The van der Waals surface area contributed by atoms with Crippen LogP contribution in [0.4, 0.5) is 11.4 Å². The summed E-state index contributed by atoms with van der Waals surface area (Å²) >= 11 is 0. The van der Waals surface area contributed by atoms with Gasteiger partial charge in [0.05, 0.1) is 11.4 Å². The van der Waals surface area contributed by atoms with Crippen molar-refractivity contribution >= 4 is 23.2 Å². The second-order valence-electron chi connectivity index (χ2n) is 9.36. The van der Waals surface area contributed by atoms with Gasteiger partial charge in [-0.1, -0.05) is 42.3 Å². The van der Waals surface area contributed by atoms with E-state index in [0.717, 1.165) is 33.6 Å². The van der Waals surface area contributed by atoms with E-state index in [1.807, 2.05) is 44.4 Å². The SMILES string of the molecule is CCC1N(c2c(C)cc(C)cc2C)C(=O)C(C)(C)C(=O)N1c1c(C)cc(C)cc1C. The molecule has 2 aromatic rings. The molecule has 0 aliphatic carbocycles. The van der Waals surface area contributed by atoms with Gasteiger partial charge in [-0.05, 0) is 84.1 Å². The monoisotopic (exact) mass is 406 g/mol. The Hall–Kier alpha value is -2.62. The van der Waals surface area contributed by atoms with Crippen LogP contribution in [0.5, 0.6) is 0 Å². The normalized spacial score (nSPS) is 17.1. The van der Waals surface area contributed by atoms with E-state index in [1.165, 1.54) is 11.1 Å². The van der Waals surface area contributed by atoms with Crippen molar-refractivity contribution in [2.45, 2.75) is 74.9 Å². The van der Waals surface area contributed by atoms with Crippen LogP contribution in [0.1, 0.15) is 60.6 Å². The van der Waals surface area contributed by atoms with Gasteiger partial charge in [0.2, 0.25) is 11.8 Å². The van der Waals surface area contributed by atoms with Crippen molar-refractivity contribution in [3.63, 3.8) is 0 Å². The van der Waals surface area contributed by atoms with Crippen LogP contribution < -0.4 is 9.80 Å². The van der Waals surface area contributed by atoms with Crippen molar-refractivity contribution in [2.75, 3.05) is 9.80 Å². The van der Waals surface area contributed by atoms with E-state index >= 15 is 0 Å². The summed E-state index contributed by atoms with van der Waals surface area (Å²) in [6.07, 6.45) is 0.283. The summed E-state index contributed by atoms with van der Waals surface area (Å²) < 4.78 is 0. The van der Waals surface area contributed by atoms with E-state index in [4.69, 9.17) is 0 Å². The van der Waals surface area contributed by atoms with Crippen molar-refractivity contribution in [1.29, 1.82) is 0 Å². The average molecular weight is 407 g/mol. The predicted molar refractivity (Wildman–Crippen MR) is 124 cm³/mol. The molecule has 0 N–H and O–H groups in total. The Morgan fingerprint density at radius 2 is 1.00 bits per heavy atom. The van der Waals surface area contributed by atoms with Crippen LogP contribution in [0.25, 0.3) is 0 Å². The van der Waals surface area contributed by atoms with Crippen molar-refractivity contribution in [2.24, 2.45) is 5.41 Å².